The van der Waals surface area contributed by atoms with Crippen molar-refractivity contribution >= 4 is 29.2 Å². The highest BCUT2D eigenvalue weighted by Gasteiger charge is 2.12. The molecule has 0 saturated heterocycles. The van der Waals surface area contributed by atoms with Crippen molar-refractivity contribution in [1.82, 2.24) is 0 Å². The van der Waals surface area contributed by atoms with Crippen molar-refractivity contribution in [2.24, 2.45) is 0 Å². The van der Waals surface area contributed by atoms with Crippen LogP contribution in [0.15, 0.2) is 29.6 Å². The summed E-state index contributed by atoms with van der Waals surface area (Å²) in [6, 6.07) is 7.09. The summed E-state index contributed by atoms with van der Waals surface area (Å²) in [4.78, 5) is 12.1. The second kappa shape index (κ2) is 5.89. The summed E-state index contributed by atoms with van der Waals surface area (Å²) < 4.78 is 10.8. The third-order valence-electron chi connectivity index (χ3n) is 2.33. The molecule has 0 aliphatic rings. The SMILES string of the molecule is COc1cc(Cl)cc(C=O)c1OCc1cccs1. The average Bonchev–Trinajstić information content (AvgIpc) is 2.89. The first-order valence-electron chi connectivity index (χ1n) is 5.22. The molecule has 1 aromatic carbocycles. The van der Waals surface area contributed by atoms with Crippen LogP contribution in [0.2, 0.25) is 5.02 Å². The van der Waals surface area contributed by atoms with Crippen LogP contribution < -0.4 is 9.47 Å². The molecule has 5 heteroatoms. The fourth-order valence-corrected chi connectivity index (χ4v) is 2.35. The number of thiophene rings is 1. The molecule has 0 radical (unpaired) electrons. The zero-order valence-electron chi connectivity index (χ0n) is 9.68. The minimum Gasteiger partial charge on any atom is -0.493 e. The van der Waals surface area contributed by atoms with Gasteiger partial charge in [-0.1, -0.05) is 17.7 Å². The minimum absolute atomic E-state index is 0.385. The van der Waals surface area contributed by atoms with Crippen LogP contribution in [-0.2, 0) is 6.61 Å². The largest absolute Gasteiger partial charge is 0.493 e. The molecule has 0 spiro atoms. The maximum absolute atomic E-state index is 11.0. The predicted octanol–water partition coefficient (Wildman–Crippen LogP) is 3.80. The molecular weight excluding hydrogens is 272 g/mol. The summed E-state index contributed by atoms with van der Waals surface area (Å²) >= 11 is 7.48. The van der Waals surface area contributed by atoms with Gasteiger partial charge in [-0.05, 0) is 17.5 Å². The van der Waals surface area contributed by atoms with Gasteiger partial charge in [-0.2, -0.15) is 0 Å². The van der Waals surface area contributed by atoms with Crippen molar-refractivity contribution in [3.05, 3.63) is 45.1 Å². The summed E-state index contributed by atoms with van der Waals surface area (Å²) in [5, 5.41) is 2.41. The lowest BCUT2D eigenvalue weighted by molar-refractivity contribution is 0.111. The van der Waals surface area contributed by atoms with Gasteiger partial charge in [0.15, 0.2) is 17.8 Å². The highest BCUT2D eigenvalue weighted by Crippen LogP contribution is 2.34. The van der Waals surface area contributed by atoms with Gasteiger partial charge in [0.2, 0.25) is 0 Å². The first-order valence-corrected chi connectivity index (χ1v) is 6.48. The van der Waals surface area contributed by atoms with Crippen LogP contribution in [0.1, 0.15) is 15.2 Å². The van der Waals surface area contributed by atoms with Crippen LogP contribution in [0, 0.1) is 0 Å². The van der Waals surface area contributed by atoms with Crippen LogP contribution >= 0.6 is 22.9 Å². The number of ether oxygens (including phenoxy) is 2. The molecule has 0 aliphatic heterocycles. The maximum Gasteiger partial charge on any atom is 0.172 e. The second-order valence-electron chi connectivity index (χ2n) is 3.51. The molecule has 0 fully saturated rings. The Hall–Kier alpha value is -1.52. The Labute approximate surface area is 114 Å². The maximum atomic E-state index is 11.0. The number of carbonyl (C=O) groups excluding carboxylic acids is 1. The molecule has 0 amide bonds. The summed E-state index contributed by atoms with van der Waals surface area (Å²) in [6.45, 7) is 0.399. The van der Waals surface area contributed by atoms with Crippen molar-refractivity contribution in [3.8, 4) is 11.5 Å². The van der Waals surface area contributed by atoms with Gasteiger partial charge in [0.05, 0.1) is 12.7 Å². The molecule has 1 heterocycles. The van der Waals surface area contributed by atoms with Crippen LogP contribution in [-0.4, -0.2) is 13.4 Å². The standard InChI is InChI=1S/C13H11ClO3S/c1-16-12-6-10(14)5-9(7-15)13(12)17-8-11-3-2-4-18-11/h2-7H,8H2,1H3. The van der Waals surface area contributed by atoms with Crippen LogP contribution in [0.4, 0.5) is 0 Å². The van der Waals surface area contributed by atoms with Crippen LogP contribution in [0.25, 0.3) is 0 Å². The normalized spacial score (nSPS) is 10.1. The lowest BCUT2D eigenvalue weighted by Gasteiger charge is -2.12. The minimum atomic E-state index is 0.385. The van der Waals surface area contributed by atoms with Gasteiger partial charge in [-0.15, -0.1) is 11.3 Å². The first-order chi connectivity index (χ1) is 8.74. The molecule has 1 aromatic heterocycles. The van der Waals surface area contributed by atoms with Gasteiger partial charge < -0.3 is 9.47 Å². The summed E-state index contributed by atoms with van der Waals surface area (Å²) in [6.07, 6.45) is 0.707. The molecule has 3 nitrogen and oxygen atoms in total. The molecule has 18 heavy (non-hydrogen) atoms. The fourth-order valence-electron chi connectivity index (χ4n) is 1.52. The average molecular weight is 283 g/mol. The molecule has 0 bridgehead atoms. The topological polar surface area (TPSA) is 35.5 Å². The Morgan fingerprint density at radius 1 is 1.44 bits per heavy atom. The molecule has 0 unspecified atom stereocenters. The first kappa shape index (κ1) is 12.9. The van der Waals surface area contributed by atoms with E-state index in [9.17, 15) is 4.79 Å². The van der Waals surface area contributed by atoms with Crippen LogP contribution in [0.3, 0.4) is 0 Å². The van der Waals surface area contributed by atoms with Gasteiger partial charge in [-0.3, -0.25) is 4.79 Å². The number of carbonyl (C=O) groups is 1. The number of hydrogen-bond acceptors (Lipinski definition) is 4. The van der Waals surface area contributed by atoms with E-state index in [1.165, 1.54) is 7.11 Å². The van der Waals surface area contributed by atoms with Gasteiger partial charge in [0.1, 0.15) is 6.61 Å². The van der Waals surface area contributed by atoms with Crippen molar-refractivity contribution in [1.29, 1.82) is 0 Å². The summed E-state index contributed by atoms with van der Waals surface area (Å²) in [5.74, 6) is 0.881. The van der Waals surface area contributed by atoms with E-state index in [0.29, 0.717) is 35.0 Å². The Morgan fingerprint density at radius 2 is 2.28 bits per heavy atom. The lowest BCUT2D eigenvalue weighted by Crippen LogP contribution is -1.99. The molecule has 2 rings (SSSR count). The van der Waals surface area contributed by atoms with E-state index in [2.05, 4.69) is 0 Å². The van der Waals surface area contributed by atoms with Crippen molar-refractivity contribution in [2.75, 3.05) is 7.11 Å². The smallest absolute Gasteiger partial charge is 0.172 e. The summed E-state index contributed by atoms with van der Waals surface area (Å²) in [7, 11) is 1.51. The van der Waals surface area contributed by atoms with E-state index in [1.54, 1.807) is 23.5 Å². The molecule has 0 aliphatic carbocycles. The number of rotatable bonds is 5. The van der Waals surface area contributed by atoms with Crippen LogP contribution in [0.5, 0.6) is 11.5 Å². The molecule has 0 atom stereocenters. The zero-order valence-corrected chi connectivity index (χ0v) is 11.3. The molecule has 0 N–H and O–H groups in total. The van der Waals surface area contributed by atoms with Crippen molar-refractivity contribution in [3.63, 3.8) is 0 Å². The Morgan fingerprint density at radius 3 is 2.89 bits per heavy atom. The number of aldehydes is 1. The van der Waals surface area contributed by atoms with Gasteiger partial charge >= 0.3 is 0 Å². The van der Waals surface area contributed by atoms with E-state index in [-0.39, 0.29) is 0 Å². The number of halogens is 1. The van der Waals surface area contributed by atoms with E-state index < -0.39 is 0 Å². The number of methoxy groups -OCH3 is 1. The van der Waals surface area contributed by atoms with Crippen molar-refractivity contribution < 1.29 is 14.3 Å². The van der Waals surface area contributed by atoms with Crippen molar-refractivity contribution in [2.45, 2.75) is 6.61 Å². The van der Waals surface area contributed by atoms with E-state index >= 15 is 0 Å². The second-order valence-corrected chi connectivity index (χ2v) is 4.98. The molecule has 2 aromatic rings. The third-order valence-corrected chi connectivity index (χ3v) is 3.40. The monoisotopic (exact) mass is 282 g/mol. The number of hydrogen-bond donors (Lipinski definition) is 0. The highest BCUT2D eigenvalue weighted by molar-refractivity contribution is 7.09. The van der Waals surface area contributed by atoms with Gasteiger partial charge in [-0.25, -0.2) is 0 Å². The predicted molar refractivity (Wildman–Crippen MR) is 72.0 cm³/mol. The lowest BCUT2D eigenvalue weighted by atomic mass is 10.2. The van der Waals surface area contributed by atoms with E-state index in [1.807, 2.05) is 17.5 Å². The third kappa shape index (κ3) is 2.83. The van der Waals surface area contributed by atoms with Gasteiger partial charge in [0.25, 0.3) is 0 Å². The zero-order chi connectivity index (χ0) is 13.0. The Bertz CT molecular complexity index is 537. The highest BCUT2D eigenvalue weighted by atomic mass is 35.5. The quantitative estimate of drug-likeness (QED) is 0.783. The Balaban J connectivity index is 2.27. The van der Waals surface area contributed by atoms with E-state index in [4.69, 9.17) is 21.1 Å². The fraction of sp³-hybridized carbons (Fsp3) is 0.154. The van der Waals surface area contributed by atoms with Gasteiger partial charge in [0, 0.05) is 16.0 Å². The molecule has 0 saturated carbocycles. The number of benzene rings is 1. The summed E-state index contributed by atoms with van der Waals surface area (Å²) in [5.41, 5.74) is 0.385. The Kier molecular flexibility index (Phi) is 4.23. The molecule has 94 valence electrons. The molecular formula is C13H11ClO3S. The van der Waals surface area contributed by atoms with E-state index in [0.717, 1.165) is 4.88 Å².